The van der Waals surface area contributed by atoms with E-state index in [1.165, 1.54) is 23.9 Å². The molecule has 1 heterocycles. The zero-order valence-electron chi connectivity index (χ0n) is 14.8. The van der Waals surface area contributed by atoms with Gasteiger partial charge in [-0.05, 0) is 47.9 Å². The average Bonchev–Trinajstić information content (AvgIpc) is 2.65. The smallest absolute Gasteiger partial charge is 0.230 e. The minimum absolute atomic E-state index is 0.0621. The zero-order chi connectivity index (χ0) is 18.5. The van der Waals surface area contributed by atoms with E-state index in [2.05, 4.69) is 19.2 Å². The van der Waals surface area contributed by atoms with Gasteiger partial charge in [0.25, 0.3) is 0 Å². The topological polar surface area (TPSA) is 47.6 Å². The van der Waals surface area contributed by atoms with Crippen molar-refractivity contribution in [3.8, 4) is 11.5 Å². The van der Waals surface area contributed by atoms with Gasteiger partial charge >= 0.3 is 0 Å². The molecule has 0 saturated heterocycles. The molecule has 2 aromatic rings. The Balaban J connectivity index is 1.64. The molecular weight excluding hydrogens is 353 g/mol. The van der Waals surface area contributed by atoms with Gasteiger partial charge in [0.2, 0.25) is 5.91 Å². The van der Waals surface area contributed by atoms with Crippen molar-refractivity contribution in [2.24, 2.45) is 5.92 Å². The molecule has 0 unspecified atom stereocenters. The number of nitrogens with one attached hydrogen (secondary N) is 1. The molecule has 1 atom stereocenters. The van der Waals surface area contributed by atoms with E-state index in [1.807, 2.05) is 18.2 Å². The summed E-state index contributed by atoms with van der Waals surface area (Å²) < 4.78 is 24.1. The maximum Gasteiger partial charge on any atom is 0.230 e. The van der Waals surface area contributed by atoms with Crippen LogP contribution in [0.25, 0.3) is 0 Å². The number of carbonyl (C=O) groups is 1. The summed E-state index contributed by atoms with van der Waals surface area (Å²) >= 11 is 1.39. The summed E-state index contributed by atoms with van der Waals surface area (Å²) in [6.45, 7) is 5.21. The predicted octanol–water partition coefficient (Wildman–Crippen LogP) is 4.20. The summed E-state index contributed by atoms with van der Waals surface area (Å²) in [7, 11) is 0. The number of benzene rings is 2. The first-order valence-electron chi connectivity index (χ1n) is 8.60. The largest absolute Gasteiger partial charge is 0.486 e. The molecule has 2 aromatic carbocycles. The number of carbonyl (C=O) groups excluding carboxylic acids is 1. The first kappa shape index (κ1) is 18.6. The SMILES string of the molecule is CC(C)[C@H](NC(=O)CSc1ccc(F)cc1)c1ccc2c(c1)OCCO2. The number of ether oxygens (including phenoxy) is 2. The van der Waals surface area contributed by atoms with Crippen molar-refractivity contribution in [3.63, 3.8) is 0 Å². The van der Waals surface area contributed by atoms with E-state index >= 15 is 0 Å². The molecular formula is C20H22FNO3S. The van der Waals surface area contributed by atoms with E-state index in [1.54, 1.807) is 12.1 Å². The van der Waals surface area contributed by atoms with Gasteiger partial charge in [0, 0.05) is 4.90 Å². The zero-order valence-corrected chi connectivity index (χ0v) is 15.6. The second-order valence-corrected chi connectivity index (χ2v) is 7.48. The van der Waals surface area contributed by atoms with Gasteiger partial charge in [-0.1, -0.05) is 19.9 Å². The first-order valence-corrected chi connectivity index (χ1v) is 9.59. The van der Waals surface area contributed by atoms with E-state index in [-0.39, 0.29) is 29.4 Å². The third-order valence-corrected chi connectivity index (χ3v) is 5.10. The van der Waals surface area contributed by atoms with Crippen LogP contribution in [0.2, 0.25) is 0 Å². The summed E-state index contributed by atoms with van der Waals surface area (Å²) in [4.78, 5) is 13.3. The van der Waals surface area contributed by atoms with Crippen molar-refractivity contribution in [1.29, 1.82) is 0 Å². The Hall–Kier alpha value is -2.21. The maximum atomic E-state index is 12.9. The number of hydrogen-bond donors (Lipinski definition) is 1. The summed E-state index contributed by atoms with van der Waals surface area (Å²) in [5, 5.41) is 3.09. The maximum absolute atomic E-state index is 12.9. The molecule has 1 aliphatic heterocycles. The molecule has 0 fully saturated rings. The average molecular weight is 375 g/mol. The molecule has 1 amide bonds. The van der Waals surface area contributed by atoms with Crippen molar-refractivity contribution in [2.45, 2.75) is 24.8 Å². The van der Waals surface area contributed by atoms with Gasteiger partial charge in [-0.25, -0.2) is 4.39 Å². The summed E-state index contributed by atoms with van der Waals surface area (Å²) in [5.74, 6) is 1.61. The van der Waals surface area contributed by atoms with E-state index in [4.69, 9.17) is 9.47 Å². The van der Waals surface area contributed by atoms with Crippen LogP contribution < -0.4 is 14.8 Å². The normalized spacial score (nSPS) is 14.2. The highest BCUT2D eigenvalue weighted by atomic mass is 32.2. The standard InChI is InChI=1S/C20H22FNO3S/c1-13(2)20(14-3-8-17-18(11-14)25-10-9-24-17)22-19(23)12-26-16-6-4-15(21)5-7-16/h3-8,11,13,20H,9-10,12H2,1-2H3,(H,22,23)/t20-/m0/s1. The molecule has 4 nitrogen and oxygen atoms in total. The molecule has 0 spiro atoms. The lowest BCUT2D eigenvalue weighted by molar-refractivity contribution is -0.119. The Bertz CT molecular complexity index is 764. The fourth-order valence-electron chi connectivity index (χ4n) is 2.78. The lowest BCUT2D eigenvalue weighted by atomic mass is 9.95. The highest BCUT2D eigenvalue weighted by molar-refractivity contribution is 8.00. The number of thioether (sulfide) groups is 1. The van der Waals surface area contributed by atoms with E-state index in [9.17, 15) is 9.18 Å². The number of hydrogen-bond acceptors (Lipinski definition) is 4. The van der Waals surface area contributed by atoms with Crippen LogP contribution in [0.3, 0.4) is 0 Å². The Labute approximate surface area is 157 Å². The van der Waals surface area contributed by atoms with Gasteiger partial charge in [-0.2, -0.15) is 0 Å². The number of halogens is 1. The fourth-order valence-corrected chi connectivity index (χ4v) is 3.49. The summed E-state index contributed by atoms with van der Waals surface area (Å²) in [5.41, 5.74) is 0.990. The number of amides is 1. The van der Waals surface area contributed by atoms with Gasteiger partial charge in [-0.15, -0.1) is 11.8 Å². The first-order chi connectivity index (χ1) is 12.5. The number of fused-ring (bicyclic) bond motifs is 1. The molecule has 6 heteroatoms. The Kier molecular flexibility index (Phi) is 6.04. The highest BCUT2D eigenvalue weighted by Gasteiger charge is 2.21. The summed E-state index contributed by atoms with van der Waals surface area (Å²) in [6.07, 6.45) is 0. The lowest BCUT2D eigenvalue weighted by Crippen LogP contribution is -2.33. The molecule has 1 N–H and O–H groups in total. The van der Waals surface area contributed by atoms with Crippen LogP contribution in [-0.2, 0) is 4.79 Å². The molecule has 0 aliphatic carbocycles. The van der Waals surface area contributed by atoms with Gasteiger partial charge in [0.1, 0.15) is 19.0 Å². The molecule has 0 aromatic heterocycles. The third kappa shape index (κ3) is 4.69. The van der Waals surface area contributed by atoms with Gasteiger partial charge in [-0.3, -0.25) is 4.79 Å². The second-order valence-electron chi connectivity index (χ2n) is 6.43. The van der Waals surface area contributed by atoms with Crippen LogP contribution in [0.15, 0.2) is 47.4 Å². The van der Waals surface area contributed by atoms with E-state index in [0.717, 1.165) is 16.2 Å². The summed E-state index contributed by atoms with van der Waals surface area (Å²) in [6, 6.07) is 11.8. The van der Waals surface area contributed by atoms with Crippen molar-refractivity contribution in [3.05, 3.63) is 53.8 Å². The van der Waals surface area contributed by atoms with Crippen LogP contribution >= 0.6 is 11.8 Å². The highest BCUT2D eigenvalue weighted by Crippen LogP contribution is 2.34. The molecule has 1 aliphatic rings. The van der Waals surface area contributed by atoms with E-state index in [0.29, 0.717) is 19.0 Å². The van der Waals surface area contributed by atoms with E-state index < -0.39 is 0 Å². The molecule has 3 rings (SSSR count). The van der Waals surface area contributed by atoms with Crippen molar-refractivity contribution < 1.29 is 18.7 Å². The molecule has 138 valence electrons. The van der Waals surface area contributed by atoms with Crippen molar-refractivity contribution >= 4 is 17.7 Å². The minimum atomic E-state index is -0.280. The van der Waals surface area contributed by atoms with Crippen LogP contribution in [0.5, 0.6) is 11.5 Å². The Morgan fingerprint density at radius 1 is 1.12 bits per heavy atom. The predicted molar refractivity (Wildman–Crippen MR) is 100 cm³/mol. The molecule has 0 radical (unpaired) electrons. The van der Waals surface area contributed by atoms with Gasteiger partial charge in [0.15, 0.2) is 11.5 Å². The second kappa shape index (κ2) is 8.45. The Morgan fingerprint density at radius 2 is 1.81 bits per heavy atom. The van der Waals surface area contributed by atoms with Crippen molar-refractivity contribution in [2.75, 3.05) is 19.0 Å². The minimum Gasteiger partial charge on any atom is -0.486 e. The van der Waals surface area contributed by atoms with Crippen LogP contribution in [-0.4, -0.2) is 24.9 Å². The van der Waals surface area contributed by atoms with Crippen LogP contribution in [0, 0.1) is 11.7 Å². The van der Waals surface area contributed by atoms with Crippen molar-refractivity contribution in [1.82, 2.24) is 5.32 Å². The lowest BCUT2D eigenvalue weighted by Gasteiger charge is -2.25. The van der Waals surface area contributed by atoms with Gasteiger partial charge < -0.3 is 14.8 Å². The van der Waals surface area contributed by atoms with Crippen LogP contribution in [0.4, 0.5) is 4.39 Å². The third-order valence-electron chi connectivity index (χ3n) is 4.09. The molecule has 0 saturated carbocycles. The fraction of sp³-hybridized carbons (Fsp3) is 0.350. The van der Waals surface area contributed by atoms with Crippen LogP contribution in [0.1, 0.15) is 25.5 Å². The Morgan fingerprint density at radius 3 is 2.50 bits per heavy atom. The number of rotatable bonds is 6. The monoisotopic (exact) mass is 375 g/mol. The molecule has 26 heavy (non-hydrogen) atoms. The quantitative estimate of drug-likeness (QED) is 0.769. The molecule has 0 bridgehead atoms. The van der Waals surface area contributed by atoms with Gasteiger partial charge in [0.05, 0.1) is 11.8 Å².